The molecule has 1 unspecified atom stereocenters. The molecule has 0 spiro atoms. The summed E-state index contributed by atoms with van der Waals surface area (Å²) in [6.07, 6.45) is 8.41. The Morgan fingerprint density at radius 1 is 0.900 bits per heavy atom. The van der Waals surface area contributed by atoms with Gasteiger partial charge in [-0.15, -0.1) is 13.2 Å². The van der Waals surface area contributed by atoms with Crippen LogP contribution < -0.4 is 0 Å². The van der Waals surface area contributed by atoms with Gasteiger partial charge in [0.2, 0.25) is 0 Å². The second-order valence-corrected chi connectivity index (χ2v) is 11.8. The third-order valence-electron chi connectivity index (χ3n) is 9.76. The fourth-order valence-electron chi connectivity index (χ4n) is 7.90. The molecule has 0 N–H and O–H groups in total. The Kier molecular flexibility index (Phi) is 6.50. The van der Waals surface area contributed by atoms with Gasteiger partial charge in [0, 0.05) is 35.9 Å². The first kappa shape index (κ1) is 25.2. The lowest BCUT2D eigenvalue weighted by Gasteiger charge is -2.58. The van der Waals surface area contributed by atoms with Gasteiger partial charge in [-0.2, -0.15) is 0 Å². The third-order valence-corrected chi connectivity index (χ3v) is 9.76. The van der Waals surface area contributed by atoms with E-state index in [0.29, 0.717) is 24.5 Å². The first-order valence-corrected chi connectivity index (χ1v) is 14.6. The van der Waals surface area contributed by atoms with Gasteiger partial charge >= 0.3 is 0 Å². The molecule has 3 aliphatic heterocycles. The number of quaternary nitrogens is 1. The standard InChI is InChI=1S/C37H37N2O/c1-3-21-40-37(33-17-19-38-35-16-10-9-15-32(33)35)36-23-27-18-20-39(36,24-26(27)4-2)25-34-30-13-7-5-11-28(30)22-29-12-6-8-14-31(29)34/h3-17,19,22,26-27,36-37H,1-2,18,20-21,23-25H2/q+1/t26-,27+,36-,37+,39?/m0/s1. The largest absolute Gasteiger partial charge is 0.363 e. The maximum atomic E-state index is 6.80. The van der Waals surface area contributed by atoms with E-state index in [2.05, 4.69) is 109 Å². The van der Waals surface area contributed by atoms with Crippen molar-refractivity contribution in [3.8, 4) is 0 Å². The Labute approximate surface area is 237 Å². The van der Waals surface area contributed by atoms with Gasteiger partial charge < -0.3 is 9.22 Å². The van der Waals surface area contributed by atoms with Crippen molar-refractivity contribution in [2.24, 2.45) is 11.8 Å². The summed E-state index contributed by atoms with van der Waals surface area (Å²) in [6.45, 7) is 12.1. The molecule has 3 nitrogen and oxygen atoms in total. The normalized spacial score (nSPS) is 24.9. The van der Waals surface area contributed by atoms with Crippen LogP contribution in [0, 0.1) is 11.8 Å². The number of hydrogen-bond acceptors (Lipinski definition) is 2. The summed E-state index contributed by atoms with van der Waals surface area (Å²) in [4.78, 5) is 4.68. The number of ether oxygens (including phenoxy) is 1. The molecule has 1 aromatic heterocycles. The van der Waals surface area contributed by atoms with Crippen LogP contribution >= 0.6 is 0 Å². The third kappa shape index (κ3) is 4.16. The number of benzene rings is 4. The van der Waals surface area contributed by atoms with Gasteiger partial charge in [-0.1, -0.05) is 78.9 Å². The minimum absolute atomic E-state index is 0.0410. The monoisotopic (exact) mass is 525 g/mol. The van der Waals surface area contributed by atoms with Gasteiger partial charge in [-0.3, -0.25) is 4.98 Å². The zero-order valence-electron chi connectivity index (χ0n) is 23.1. The van der Waals surface area contributed by atoms with Crippen molar-refractivity contribution >= 4 is 32.4 Å². The van der Waals surface area contributed by atoms with E-state index >= 15 is 0 Å². The number of pyridine rings is 1. The fourth-order valence-corrected chi connectivity index (χ4v) is 7.90. The van der Waals surface area contributed by atoms with Crippen molar-refractivity contribution in [2.75, 3.05) is 19.7 Å². The molecule has 2 bridgehead atoms. The number of fused-ring (bicyclic) bond motifs is 6. The molecule has 3 fully saturated rings. The zero-order chi connectivity index (χ0) is 27.1. The van der Waals surface area contributed by atoms with Crippen molar-refractivity contribution in [1.29, 1.82) is 0 Å². The molecule has 3 heteroatoms. The lowest BCUT2D eigenvalue weighted by Crippen LogP contribution is -2.67. The topological polar surface area (TPSA) is 22.1 Å². The molecule has 40 heavy (non-hydrogen) atoms. The summed E-state index contributed by atoms with van der Waals surface area (Å²) in [6, 6.07) is 31.2. The van der Waals surface area contributed by atoms with Crippen LogP contribution in [-0.2, 0) is 11.3 Å². The molecule has 0 aliphatic carbocycles. The number of piperidine rings is 3. The molecule has 200 valence electrons. The number of hydrogen-bond donors (Lipinski definition) is 0. The van der Waals surface area contributed by atoms with Crippen molar-refractivity contribution in [3.63, 3.8) is 0 Å². The first-order chi connectivity index (χ1) is 19.7. The van der Waals surface area contributed by atoms with Crippen LogP contribution in [-0.4, -0.2) is 35.2 Å². The van der Waals surface area contributed by atoms with E-state index in [1.807, 2.05) is 12.3 Å². The highest BCUT2D eigenvalue weighted by molar-refractivity contribution is 6.02. The summed E-state index contributed by atoms with van der Waals surface area (Å²) < 4.78 is 7.81. The average molecular weight is 526 g/mol. The van der Waals surface area contributed by atoms with Gasteiger partial charge in [0.1, 0.15) is 18.7 Å². The lowest BCUT2D eigenvalue weighted by molar-refractivity contribution is -0.984. The van der Waals surface area contributed by atoms with E-state index < -0.39 is 0 Å². The Morgan fingerprint density at radius 3 is 2.33 bits per heavy atom. The van der Waals surface area contributed by atoms with Crippen molar-refractivity contribution in [2.45, 2.75) is 31.5 Å². The zero-order valence-corrected chi connectivity index (χ0v) is 23.1. The fraction of sp³-hybridized carbons (Fsp3) is 0.270. The molecular weight excluding hydrogens is 488 g/mol. The molecule has 5 atom stereocenters. The van der Waals surface area contributed by atoms with Crippen molar-refractivity contribution in [1.82, 2.24) is 4.98 Å². The van der Waals surface area contributed by atoms with Gasteiger partial charge in [-0.05, 0) is 51.2 Å². The van der Waals surface area contributed by atoms with Crippen molar-refractivity contribution in [3.05, 3.63) is 128 Å². The minimum Gasteiger partial charge on any atom is -0.363 e. The van der Waals surface area contributed by atoms with Gasteiger partial charge in [0.25, 0.3) is 0 Å². The molecular formula is C37H37N2O+. The quantitative estimate of drug-likeness (QED) is 0.115. The highest BCUT2D eigenvalue weighted by atomic mass is 16.5. The Morgan fingerprint density at radius 2 is 1.60 bits per heavy atom. The Bertz CT molecular complexity index is 1670. The second-order valence-electron chi connectivity index (χ2n) is 11.8. The van der Waals surface area contributed by atoms with Crippen LogP contribution in [0.4, 0.5) is 0 Å². The Balaban J connectivity index is 1.41. The van der Waals surface area contributed by atoms with Crippen LogP contribution in [0.3, 0.4) is 0 Å². The summed E-state index contributed by atoms with van der Waals surface area (Å²) >= 11 is 0. The van der Waals surface area contributed by atoms with Crippen LogP contribution in [0.5, 0.6) is 0 Å². The maximum Gasteiger partial charge on any atom is 0.135 e. The molecule has 4 heterocycles. The van der Waals surface area contributed by atoms with Crippen LogP contribution in [0.15, 0.2) is 116 Å². The Hall–Kier alpha value is -3.79. The van der Waals surface area contributed by atoms with Gasteiger partial charge in [-0.25, -0.2) is 0 Å². The predicted molar refractivity (Wildman–Crippen MR) is 166 cm³/mol. The molecule has 3 saturated heterocycles. The van der Waals surface area contributed by atoms with E-state index in [9.17, 15) is 0 Å². The second kappa shape index (κ2) is 10.3. The van der Waals surface area contributed by atoms with Gasteiger partial charge in [0.15, 0.2) is 0 Å². The average Bonchev–Trinajstić information content (AvgIpc) is 3.01. The molecule has 5 aromatic rings. The molecule has 3 aliphatic rings. The van der Waals surface area contributed by atoms with E-state index in [1.165, 1.54) is 44.5 Å². The van der Waals surface area contributed by atoms with E-state index in [1.54, 1.807) is 0 Å². The van der Waals surface area contributed by atoms with Crippen LogP contribution in [0.2, 0.25) is 0 Å². The molecule has 8 rings (SSSR count). The summed E-state index contributed by atoms with van der Waals surface area (Å²) in [5.74, 6) is 1.18. The number of rotatable bonds is 8. The number of para-hydroxylation sites is 1. The lowest BCUT2D eigenvalue weighted by atomic mass is 9.70. The first-order valence-electron chi connectivity index (χ1n) is 14.6. The maximum absolute atomic E-state index is 6.80. The van der Waals surface area contributed by atoms with Gasteiger partial charge in [0.05, 0.1) is 25.2 Å². The highest BCUT2D eigenvalue weighted by Gasteiger charge is 2.54. The van der Waals surface area contributed by atoms with Crippen LogP contribution in [0.1, 0.15) is 30.1 Å². The molecule has 0 radical (unpaired) electrons. The van der Waals surface area contributed by atoms with Crippen LogP contribution in [0.25, 0.3) is 32.4 Å². The molecule has 4 aromatic carbocycles. The minimum atomic E-state index is -0.0410. The van der Waals surface area contributed by atoms with E-state index in [0.717, 1.165) is 36.1 Å². The molecule has 0 saturated carbocycles. The molecule has 0 amide bonds. The smallest absolute Gasteiger partial charge is 0.135 e. The SMILES string of the molecule is C=CCO[C@H](c1ccnc2ccccc12)[C@@H]1C[C@H]2CC[N+]1(Cc1c3ccccc3cc3ccccc13)C[C@@H]2C=C. The van der Waals surface area contributed by atoms with E-state index in [-0.39, 0.29) is 6.10 Å². The summed E-state index contributed by atoms with van der Waals surface area (Å²) in [5, 5.41) is 6.56. The predicted octanol–water partition coefficient (Wildman–Crippen LogP) is 8.40. The summed E-state index contributed by atoms with van der Waals surface area (Å²) in [7, 11) is 0. The van der Waals surface area contributed by atoms with Crippen molar-refractivity contribution < 1.29 is 9.22 Å². The number of aromatic nitrogens is 1. The highest BCUT2D eigenvalue weighted by Crippen LogP contribution is 2.50. The number of nitrogens with zero attached hydrogens (tertiary/aromatic N) is 2. The summed E-state index contributed by atoms with van der Waals surface area (Å²) in [5.41, 5.74) is 3.74. The van der Waals surface area contributed by atoms with E-state index in [4.69, 9.17) is 4.74 Å².